The van der Waals surface area contributed by atoms with Gasteiger partial charge in [0.05, 0.1) is 41.2 Å². The van der Waals surface area contributed by atoms with Crippen LogP contribution in [-0.4, -0.2) is 56.2 Å². The molecule has 0 aliphatic carbocycles. The zero-order valence-electron chi connectivity index (χ0n) is 30.5. The Morgan fingerprint density at radius 1 is 0.981 bits per heavy atom. The van der Waals surface area contributed by atoms with Crippen LogP contribution in [0.2, 0.25) is 10.0 Å². The maximum atomic E-state index is 15.1. The first-order chi connectivity index (χ1) is 24.7. The smallest absolute Gasteiger partial charge is 0.352 e. The van der Waals surface area contributed by atoms with Crippen LogP contribution in [0, 0.1) is 27.7 Å². The summed E-state index contributed by atoms with van der Waals surface area (Å²) in [6, 6.07) is 12.9. The van der Waals surface area contributed by atoms with Crippen LogP contribution in [-0.2, 0) is 20.5 Å². The first-order valence-corrected chi connectivity index (χ1v) is 18.0. The normalized spacial score (nSPS) is 14.5. The third-order valence-corrected chi connectivity index (χ3v) is 11.3. The van der Waals surface area contributed by atoms with E-state index in [1.54, 1.807) is 35.8 Å². The number of aromatic nitrogens is 4. The third kappa shape index (κ3) is 5.51. The molecule has 1 unspecified atom stereocenters. The van der Waals surface area contributed by atoms with Crippen LogP contribution in [0.5, 0.6) is 11.5 Å². The minimum absolute atomic E-state index is 0.0978. The number of fused-ring (bicyclic) bond motifs is 4. The van der Waals surface area contributed by atoms with Crippen molar-refractivity contribution < 1.29 is 24.2 Å². The van der Waals surface area contributed by atoms with Crippen molar-refractivity contribution in [3.63, 3.8) is 0 Å². The summed E-state index contributed by atoms with van der Waals surface area (Å²) in [4.78, 5) is 29.1. The molecule has 0 spiro atoms. The van der Waals surface area contributed by atoms with Gasteiger partial charge in [-0.2, -0.15) is 5.10 Å². The third-order valence-electron chi connectivity index (χ3n) is 10.4. The monoisotopic (exact) mass is 741 g/mol. The van der Waals surface area contributed by atoms with E-state index in [9.17, 15) is 9.90 Å². The van der Waals surface area contributed by atoms with Crippen LogP contribution >= 0.6 is 23.2 Å². The molecule has 7 rings (SSSR count). The molecular formula is C40H41Cl2N5O5. The minimum atomic E-state index is -1.07. The molecule has 10 nitrogen and oxygen atoms in total. The largest absolute Gasteiger partial charge is 0.496 e. The van der Waals surface area contributed by atoms with Gasteiger partial charge in [0.1, 0.15) is 22.9 Å². The van der Waals surface area contributed by atoms with E-state index in [1.165, 1.54) is 0 Å². The summed E-state index contributed by atoms with van der Waals surface area (Å²) < 4.78 is 17.5. The number of rotatable bonds is 9. The highest BCUT2D eigenvalue weighted by molar-refractivity contribution is 6.35. The average molecular weight is 743 g/mol. The molecule has 6 aromatic rings. The molecule has 1 amide bonds. The number of hydrogen-bond acceptors (Lipinski definition) is 5. The number of halogens is 2. The van der Waals surface area contributed by atoms with E-state index >= 15 is 4.79 Å². The fraction of sp³-hybridized carbons (Fsp3) is 0.325. The van der Waals surface area contributed by atoms with Crippen molar-refractivity contribution in [3.8, 4) is 22.6 Å². The molecule has 0 bridgehead atoms. The molecule has 0 saturated heterocycles. The molecule has 3 aromatic heterocycles. The summed E-state index contributed by atoms with van der Waals surface area (Å²) in [5.41, 5.74) is 9.23. The van der Waals surface area contributed by atoms with E-state index in [-0.39, 0.29) is 17.6 Å². The second-order valence-electron chi connectivity index (χ2n) is 13.7. The highest BCUT2D eigenvalue weighted by Gasteiger charge is 2.38. The zero-order valence-corrected chi connectivity index (χ0v) is 32.0. The molecule has 1 aliphatic heterocycles. The Balaban J connectivity index is 1.40. The molecule has 270 valence electrons. The predicted octanol–water partition coefficient (Wildman–Crippen LogP) is 9.01. The van der Waals surface area contributed by atoms with Crippen molar-refractivity contribution in [2.45, 2.75) is 53.5 Å². The lowest BCUT2D eigenvalue weighted by atomic mass is 9.98. The van der Waals surface area contributed by atoms with Gasteiger partial charge in [-0.25, -0.2) is 4.79 Å². The molecule has 1 atom stereocenters. The van der Waals surface area contributed by atoms with E-state index in [2.05, 4.69) is 11.5 Å². The molecule has 0 radical (unpaired) electrons. The Kier molecular flexibility index (Phi) is 9.03. The van der Waals surface area contributed by atoms with Crippen molar-refractivity contribution in [2.75, 3.05) is 25.2 Å². The SMILES string of the molecule is COc1ccc(N2CC(C)n3c(c(CCCOc4cc(C)c(Cl)c(C)c4)c4ccc(Cl)c(-c5c(C)nn(C)c5C)c43)C2=O)c2c1cc(C(=O)O)n2C. The van der Waals surface area contributed by atoms with Gasteiger partial charge in [0, 0.05) is 59.3 Å². The van der Waals surface area contributed by atoms with Crippen LogP contribution in [0.4, 0.5) is 5.69 Å². The van der Waals surface area contributed by atoms with Gasteiger partial charge in [-0.3, -0.25) is 9.48 Å². The van der Waals surface area contributed by atoms with E-state index in [0.717, 1.165) is 60.9 Å². The molecule has 12 heteroatoms. The number of aromatic carboxylic acids is 1. The molecule has 0 fully saturated rings. The Morgan fingerprint density at radius 2 is 1.69 bits per heavy atom. The number of benzene rings is 3. The van der Waals surface area contributed by atoms with Crippen LogP contribution in [0.25, 0.3) is 32.9 Å². The highest BCUT2D eigenvalue weighted by atomic mass is 35.5. The number of methoxy groups -OCH3 is 1. The van der Waals surface area contributed by atoms with E-state index in [0.29, 0.717) is 59.0 Å². The zero-order chi connectivity index (χ0) is 37.3. The van der Waals surface area contributed by atoms with Gasteiger partial charge >= 0.3 is 5.97 Å². The number of aryl methyl sites for hydroxylation is 6. The second-order valence-corrected chi connectivity index (χ2v) is 14.5. The summed E-state index contributed by atoms with van der Waals surface area (Å²) in [5, 5.41) is 17.6. The molecule has 1 aliphatic rings. The number of carboxylic acids is 1. The number of hydrogen-bond donors (Lipinski definition) is 1. The summed E-state index contributed by atoms with van der Waals surface area (Å²) in [6.45, 7) is 10.8. The topological polar surface area (TPSA) is 104 Å². The first kappa shape index (κ1) is 35.5. The van der Waals surface area contributed by atoms with Gasteiger partial charge in [-0.1, -0.05) is 29.3 Å². The Labute approximate surface area is 312 Å². The number of nitrogens with zero attached hydrogens (tertiary/aromatic N) is 5. The van der Waals surface area contributed by atoms with Gasteiger partial charge in [0.15, 0.2) is 0 Å². The van der Waals surface area contributed by atoms with Gasteiger partial charge in [0.2, 0.25) is 0 Å². The maximum Gasteiger partial charge on any atom is 0.352 e. The number of anilines is 1. The molecular weight excluding hydrogens is 701 g/mol. The lowest BCUT2D eigenvalue weighted by Crippen LogP contribution is -2.43. The average Bonchev–Trinajstić information content (AvgIpc) is 3.71. The van der Waals surface area contributed by atoms with Crippen LogP contribution in [0.1, 0.15) is 68.4 Å². The Bertz CT molecular complexity index is 2430. The number of carboxylic acid groups (broad SMARTS) is 1. The lowest BCUT2D eigenvalue weighted by molar-refractivity contribution is 0.0687. The van der Waals surface area contributed by atoms with Gasteiger partial charge in [-0.05, 0) is 101 Å². The van der Waals surface area contributed by atoms with Gasteiger partial charge < -0.3 is 28.6 Å². The Morgan fingerprint density at radius 3 is 2.33 bits per heavy atom. The molecule has 52 heavy (non-hydrogen) atoms. The van der Waals surface area contributed by atoms with Gasteiger partial charge in [0.25, 0.3) is 5.91 Å². The van der Waals surface area contributed by atoms with Crippen LogP contribution in [0.3, 0.4) is 0 Å². The van der Waals surface area contributed by atoms with Crippen LogP contribution in [0.15, 0.2) is 42.5 Å². The first-order valence-electron chi connectivity index (χ1n) is 17.2. The molecule has 0 saturated carbocycles. The van der Waals surface area contributed by atoms with E-state index in [4.69, 9.17) is 37.8 Å². The Hall–Kier alpha value is -4.93. The number of ether oxygens (including phenoxy) is 2. The van der Waals surface area contributed by atoms with Crippen molar-refractivity contribution in [1.82, 2.24) is 18.9 Å². The summed E-state index contributed by atoms with van der Waals surface area (Å²) in [5.74, 6) is 0.0357. The molecule has 3 aromatic carbocycles. The van der Waals surface area contributed by atoms with Crippen molar-refractivity contribution >= 4 is 62.6 Å². The van der Waals surface area contributed by atoms with Gasteiger partial charge in [-0.15, -0.1) is 0 Å². The summed E-state index contributed by atoms with van der Waals surface area (Å²) >= 11 is 13.5. The molecule has 4 heterocycles. The maximum absolute atomic E-state index is 15.1. The van der Waals surface area contributed by atoms with E-state index in [1.807, 2.05) is 69.8 Å². The van der Waals surface area contributed by atoms with E-state index < -0.39 is 5.97 Å². The fourth-order valence-electron chi connectivity index (χ4n) is 7.96. The molecule has 1 N–H and O–H groups in total. The number of amides is 1. The minimum Gasteiger partial charge on any atom is -0.496 e. The van der Waals surface area contributed by atoms with Crippen molar-refractivity contribution in [3.05, 3.63) is 92.0 Å². The number of carbonyl (C=O) groups is 2. The highest BCUT2D eigenvalue weighted by Crippen LogP contribution is 2.46. The lowest BCUT2D eigenvalue weighted by Gasteiger charge is -2.35. The fourth-order valence-corrected chi connectivity index (χ4v) is 8.32. The van der Waals surface area contributed by atoms with Crippen molar-refractivity contribution in [2.24, 2.45) is 14.1 Å². The predicted molar refractivity (Wildman–Crippen MR) is 206 cm³/mol. The van der Waals surface area contributed by atoms with Crippen molar-refractivity contribution in [1.29, 1.82) is 0 Å². The standard InChI is InChI=1S/C40H41Cl2N5O5/c1-20-16-25(17-21(2)35(20)42)52-15-9-10-26-27-11-12-29(41)34(33-23(4)43-45(7)24(33)5)37(27)47-22(3)19-46(39(48)38(26)47)30-13-14-32(51-8)28-18-31(40(49)50)44(6)36(28)30/h11-14,16-18,22H,9-10,15,19H2,1-8H3,(H,49,50). The second kappa shape index (κ2) is 13.2. The van der Waals surface area contributed by atoms with Crippen LogP contribution < -0.4 is 14.4 Å². The summed E-state index contributed by atoms with van der Waals surface area (Å²) in [7, 11) is 5.17. The summed E-state index contributed by atoms with van der Waals surface area (Å²) in [6.07, 6.45) is 1.21. The number of carbonyl (C=O) groups excluding carboxylic acids is 1. The quantitative estimate of drug-likeness (QED) is 0.148.